The average Bonchev–Trinajstić information content (AvgIpc) is 2.89. The van der Waals surface area contributed by atoms with Crippen molar-refractivity contribution < 1.29 is 4.79 Å². The zero-order chi connectivity index (χ0) is 14.5. The highest BCUT2D eigenvalue weighted by atomic mass is 32.2. The third-order valence-corrected chi connectivity index (χ3v) is 5.57. The van der Waals surface area contributed by atoms with Crippen LogP contribution in [0.15, 0.2) is 6.20 Å². The zero-order valence-electron chi connectivity index (χ0n) is 12.5. The topological polar surface area (TPSA) is 36.4 Å². The molecule has 1 aliphatic rings. The number of hydrogen-bond donors (Lipinski definition) is 0. The van der Waals surface area contributed by atoms with Gasteiger partial charge in [-0.25, -0.2) is 4.98 Å². The molecule has 1 amide bonds. The van der Waals surface area contributed by atoms with Crippen LogP contribution in [-0.4, -0.2) is 64.9 Å². The molecule has 112 valence electrons. The highest BCUT2D eigenvalue weighted by Gasteiger charge is 2.25. The lowest BCUT2D eigenvalue weighted by atomic mass is 10.2. The molecule has 1 atom stereocenters. The molecule has 0 aliphatic carbocycles. The minimum Gasteiger partial charge on any atom is -0.344 e. The first kappa shape index (κ1) is 15.8. The van der Waals surface area contributed by atoms with E-state index in [9.17, 15) is 4.79 Å². The lowest BCUT2D eigenvalue weighted by molar-refractivity contribution is -0.134. The molecular weight excluding hydrogens is 290 g/mol. The van der Waals surface area contributed by atoms with Gasteiger partial charge in [-0.05, 0) is 13.8 Å². The quantitative estimate of drug-likeness (QED) is 0.832. The molecule has 1 aromatic rings. The van der Waals surface area contributed by atoms with Gasteiger partial charge in [-0.1, -0.05) is 0 Å². The van der Waals surface area contributed by atoms with Gasteiger partial charge in [-0.15, -0.1) is 11.3 Å². The summed E-state index contributed by atoms with van der Waals surface area (Å²) in [5.41, 5.74) is 0. The highest BCUT2D eigenvalue weighted by Crippen LogP contribution is 2.14. The number of rotatable bonds is 5. The summed E-state index contributed by atoms with van der Waals surface area (Å²) in [4.78, 5) is 22.2. The van der Waals surface area contributed by atoms with Crippen LogP contribution in [0.1, 0.15) is 16.8 Å². The number of hydrogen-bond acceptors (Lipinski definition) is 5. The maximum atomic E-state index is 12.4. The number of thiazole rings is 1. The Morgan fingerprint density at radius 3 is 2.80 bits per heavy atom. The van der Waals surface area contributed by atoms with Gasteiger partial charge >= 0.3 is 0 Å². The van der Waals surface area contributed by atoms with Gasteiger partial charge in [-0.2, -0.15) is 11.8 Å². The van der Waals surface area contributed by atoms with Crippen LogP contribution < -0.4 is 0 Å². The molecule has 0 bridgehead atoms. The Kier molecular flexibility index (Phi) is 5.86. The van der Waals surface area contributed by atoms with E-state index in [1.54, 1.807) is 11.3 Å². The van der Waals surface area contributed by atoms with E-state index in [0.717, 1.165) is 42.6 Å². The number of aromatic nitrogens is 1. The lowest BCUT2D eigenvalue weighted by Gasteiger charge is -2.33. The number of amides is 1. The van der Waals surface area contributed by atoms with E-state index in [1.165, 1.54) is 4.88 Å². The zero-order valence-corrected chi connectivity index (χ0v) is 14.1. The molecule has 1 aliphatic heterocycles. The second kappa shape index (κ2) is 7.43. The van der Waals surface area contributed by atoms with Crippen molar-refractivity contribution in [2.24, 2.45) is 0 Å². The molecule has 0 spiro atoms. The number of thioether (sulfide) groups is 1. The van der Waals surface area contributed by atoms with E-state index in [2.05, 4.69) is 16.8 Å². The fraction of sp³-hybridized carbons (Fsp3) is 0.714. The Balaban J connectivity index is 1.81. The Labute approximate surface area is 129 Å². The third-order valence-electron chi connectivity index (χ3n) is 3.66. The monoisotopic (exact) mass is 313 g/mol. The van der Waals surface area contributed by atoms with E-state index in [-0.39, 0.29) is 11.9 Å². The van der Waals surface area contributed by atoms with Gasteiger partial charge in [0, 0.05) is 55.7 Å². The Morgan fingerprint density at radius 1 is 1.50 bits per heavy atom. The minimum atomic E-state index is -0.000990. The van der Waals surface area contributed by atoms with Crippen LogP contribution in [0.2, 0.25) is 0 Å². The van der Waals surface area contributed by atoms with Crippen LogP contribution in [0.5, 0.6) is 0 Å². The summed E-state index contributed by atoms with van der Waals surface area (Å²) in [6, 6.07) is -0.000990. The summed E-state index contributed by atoms with van der Waals surface area (Å²) in [6.07, 6.45) is 2.75. The molecule has 2 heterocycles. The van der Waals surface area contributed by atoms with E-state index in [0.29, 0.717) is 0 Å². The molecule has 0 aromatic carbocycles. The van der Waals surface area contributed by atoms with Gasteiger partial charge in [0.05, 0.1) is 11.0 Å². The first-order valence-corrected chi connectivity index (χ1v) is 9.03. The van der Waals surface area contributed by atoms with Crippen LogP contribution >= 0.6 is 23.1 Å². The summed E-state index contributed by atoms with van der Waals surface area (Å²) in [7, 11) is 1.90. The maximum absolute atomic E-state index is 12.4. The summed E-state index contributed by atoms with van der Waals surface area (Å²) in [5.74, 6) is 2.50. The van der Waals surface area contributed by atoms with Gasteiger partial charge in [0.15, 0.2) is 0 Å². The largest absolute Gasteiger partial charge is 0.344 e. The van der Waals surface area contributed by atoms with Crippen LogP contribution in [0.4, 0.5) is 0 Å². The second-order valence-electron chi connectivity index (χ2n) is 5.20. The van der Waals surface area contributed by atoms with Crippen molar-refractivity contribution in [3.63, 3.8) is 0 Å². The third kappa shape index (κ3) is 4.20. The predicted molar refractivity (Wildman–Crippen MR) is 86.6 cm³/mol. The van der Waals surface area contributed by atoms with E-state index >= 15 is 0 Å². The normalized spacial score (nSPS) is 17.9. The number of aryl methyl sites for hydroxylation is 1. The van der Waals surface area contributed by atoms with Gasteiger partial charge in [0.1, 0.15) is 0 Å². The molecule has 1 fully saturated rings. The second-order valence-corrected chi connectivity index (χ2v) is 7.74. The van der Waals surface area contributed by atoms with E-state index < -0.39 is 0 Å². The Hall–Kier alpha value is -0.590. The SMILES string of the molecule is Cc1cnc(CCN(C)C(=O)C(C)N2CCSCC2)s1. The predicted octanol–water partition coefficient (Wildman–Crippen LogP) is 1.89. The summed E-state index contributed by atoms with van der Waals surface area (Å²) in [6.45, 7) is 6.89. The summed E-state index contributed by atoms with van der Waals surface area (Å²) < 4.78 is 0. The van der Waals surface area contributed by atoms with Crippen molar-refractivity contribution in [2.75, 3.05) is 38.2 Å². The molecule has 0 N–H and O–H groups in total. The van der Waals surface area contributed by atoms with Gasteiger partial charge in [0.25, 0.3) is 0 Å². The number of likely N-dealkylation sites (N-methyl/N-ethyl adjacent to an activating group) is 1. The molecule has 1 unspecified atom stereocenters. The fourth-order valence-electron chi connectivity index (χ4n) is 2.33. The first-order chi connectivity index (χ1) is 9.58. The molecule has 20 heavy (non-hydrogen) atoms. The van der Waals surface area contributed by atoms with Crippen LogP contribution in [-0.2, 0) is 11.2 Å². The summed E-state index contributed by atoms with van der Waals surface area (Å²) in [5, 5.41) is 1.11. The molecule has 0 saturated carbocycles. The van der Waals surface area contributed by atoms with Crippen molar-refractivity contribution in [3.8, 4) is 0 Å². The fourth-order valence-corrected chi connectivity index (χ4v) is 4.04. The van der Waals surface area contributed by atoms with Gasteiger partial charge < -0.3 is 4.90 Å². The van der Waals surface area contributed by atoms with E-state index in [4.69, 9.17) is 0 Å². The average molecular weight is 313 g/mol. The Bertz CT molecular complexity index is 443. The van der Waals surface area contributed by atoms with Crippen LogP contribution in [0, 0.1) is 6.92 Å². The number of carbonyl (C=O) groups excluding carboxylic acids is 1. The summed E-state index contributed by atoms with van der Waals surface area (Å²) >= 11 is 3.69. The van der Waals surface area contributed by atoms with Gasteiger partial charge in [-0.3, -0.25) is 9.69 Å². The number of carbonyl (C=O) groups is 1. The maximum Gasteiger partial charge on any atom is 0.239 e. The standard InChI is InChI=1S/C14H23N3OS2/c1-11-10-15-13(20-11)4-5-16(3)14(18)12(2)17-6-8-19-9-7-17/h10,12H,4-9H2,1-3H3. The molecule has 0 radical (unpaired) electrons. The van der Waals surface area contributed by atoms with Crippen LogP contribution in [0.25, 0.3) is 0 Å². The van der Waals surface area contributed by atoms with E-state index in [1.807, 2.05) is 36.8 Å². The Morgan fingerprint density at radius 2 is 2.20 bits per heavy atom. The van der Waals surface area contributed by atoms with Crippen molar-refractivity contribution in [3.05, 3.63) is 16.1 Å². The minimum absolute atomic E-state index is 0.000990. The van der Waals surface area contributed by atoms with Crippen LogP contribution in [0.3, 0.4) is 0 Å². The first-order valence-electron chi connectivity index (χ1n) is 7.06. The van der Waals surface area contributed by atoms with Crippen molar-refractivity contribution in [1.29, 1.82) is 0 Å². The molecule has 1 saturated heterocycles. The van der Waals surface area contributed by atoms with Gasteiger partial charge in [0.2, 0.25) is 5.91 Å². The molecule has 1 aromatic heterocycles. The smallest absolute Gasteiger partial charge is 0.239 e. The van der Waals surface area contributed by atoms with Crippen molar-refractivity contribution >= 4 is 29.0 Å². The molecular formula is C14H23N3OS2. The molecule has 2 rings (SSSR count). The molecule has 6 heteroatoms. The van der Waals surface area contributed by atoms with Crippen molar-refractivity contribution in [1.82, 2.24) is 14.8 Å². The highest BCUT2D eigenvalue weighted by molar-refractivity contribution is 7.99. The lowest BCUT2D eigenvalue weighted by Crippen LogP contribution is -2.49. The molecule has 4 nitrogen and oxygen atoms in total. The number of nitrogens with zero attached hydrogens (tertiary/aromatic N) is 3. The van der Waals surface area contributed by atoms with Crippen molar-refractivity contribution in [2.45, 2.75) is 26.3 Å².